The first kappa shape index (κ1) is 16.2. The molecule has 0 aromatic carbocycles. The van der Waals surface area contributed by atoms with Gasteiger partial charge in [0, 0.05) is 19.6 Å². The van der Waals surface area contributed by atoms with Gasteiger partial charge in [-0.2, -0.15) is 0 Å². The number of hydrogen-bond acceptors (Lipinski definition) is 4. The molecule has 0 aliphatic heterocycles. The molecule has 1 aliphatic rings. The van der Waals surface area contributed by atoms with Crippen LogP contribution in [-0.2, 0) is 14.3 Å². The van der Waals surface area contributed by atoms with Crippen molar-refractivity contribution >= 4 is 17.9 Å². The van der Waals surface area contributed by atoms with Crippen molar-refractivity contribution in [3.05, 3.63) is 0 Å². The van der Waals surface area contributed by atoms with Gasteiger partial charge in [-0.25, -0.2) is 9.59 Å². The van der Waals surface area contributed by atoms with E-state index in [-0.39, 0.29) is 25.0 Å². The highest BCUT2D eigenvalue weighted by Gasteiger charge is 2.27. The van der Waals surface area contributed by atoms with Crippen molar-refractivity contribution in [2.24, 2.45) is 5.73 Å². The van der Waals surface area contributed by atoms with E-state index in [9.17, 15) is 14.4 Å². The molecule has 0 aromatic rings. The zero-order valence-corrected chi connectivity index (χ0v) is 11.4. The molecule has 8 nitrogen and oxygen atoms in total. The fourth-order valence-corrected chi connectivity index (χ4v) is 2.21. The molecule has 3 unspecified atom stereocenters. The van der Waals surface area contributed by atoms with Gasteiger partial charge in [0.05, 0.1) is 6.10 Å². The number of ether oxygens (including phenoxy) is 1. The van der Waals surface area contributed by atoms with Gasteiger partial charge in [-0.1, -0.05) is 0 Å². The first-order valence-electron chi connectivity index (χ1n) is 6.53. The van der Waals surface area contributed by atoms with E-state index in [2.05, 4.69) is 10.6 Å². The Kier molecular flexibility index (Phi) is 6.23. The van der Waals surface area contributed by atoms with Gasteiger partial charge in [0.1, 0.15) is 6.04 Å². The van der Waals surface area contributed by atoms with Crippen molar-refractivity contribution in [3.8, 4) is 0 Å². The molecule has 0 radical (unpaired) electrons. The molecule has 1 saturated carbocycles. The summed E-state index contributed by atoms with van der Waals surface area (Å²) in [6.07, 6.45) is 2.39. The lowest BCUT2D eigenvalue weighted by atomic mass is 10.1. The van der Waals surface area contributed by atoms with Crippen molar-refractivity contribution in [3.63, 3.8) is 0 Å². The quantitative estimate of drug-likeness (QED) is 0.504. The zero-order chi connectivity index (χ0) is 15.1. The highest BCUT2D eigenvalue weighted by molar-refractivity contribution is 5.83. The lowest BCUT2D eigenvalue weighted by Gasteiger charge is -2.17. The smallest absolute Gasteiger partial charge is 0.326 e. The van der Waals surface area contributed by atoms with E-state index in [1.165, 1.54) is 0 Å². The summed E-state index contributed by atoms with van der Waals surface area (Å²) < 4.78 is 5.19. The molecule has 3 amide bonds. The summed E-state index contributed by atoms with van der Waals surface area (Å²) in [5.74, 6) is -1.79. The van der Waals surface area contributed by atoms with Crippen LogP contribution in [0.15, 0.2) is 0 Å². The molecule has 1 rings (SSSR count). The second kappa shape index (κ2) is 7.68. The average Bonchev–Trinajstić information content (AvgIpc) is 2.81. The van der Waals surface area contributed by atoms with Crippen molar-refractivity contribution in [1.29, 1.82) is 0 Å². The van der Waals surface area contributed by atoms with E-state index in [0.29, 0.717) is 6.42 Å². The average molecular weight is 287 g/mol. The van der Waals surface area contributed by atoms with Gasteiger partial charge in [-0.15, -0.1) is 0 Å². The number of rotatable bonds is 7. The minimum atomic E-state index is -1.19. The zero-order valence-electron chi connectivity index (χ0n) is 11.4. The first-order chi connectivity index (χ1) is 9.42. The van der Waals surface area contributed by atoms with Crippen molar-refractivity contribution in [2.45, 2.75) is 50.3 Å². The van der Waals surface area contributed by atoms with Crippen molar-refractivity contribution in [1.82, 2.24) is 10.6 Å². The topological polar surface area (TPSA) is 131 Å². The lowest BCUT2D eigenvalue weighted by Crippen LogP contribution is -2.48. The maximum absolute atomic E-state index is 11.7. The van der Waals surface area contributed by atoms with E-state index in [0.717, 1.165) is 12.8 Å². The van der Waals surface area contributed by atoms with Crippen LogP contribution in [0.4, 0.5) is 4.79 Å². The molecule has 0 bridgehead atoms. The van der Waals surface area contributed by atoms with Gasteiger partial charge in [0.2, 0.25) is 5.91 Å². The highest BCUT2D eigenvalue weighted by Crippen LogP contribution is 2.21. The maximum Gasteiger partial charge on any atom is 0.326 e. The highest BCUT2D eigenvalue weighted by atomic mass is 16.5. The maximum atomic E-state index is 11.7. The summed E-state index contributed by atoms with van der Waals surface area (Å²) in [5, 5.41) is 14.0. The van der Waals surface area contributed by atoms with Crippen LogP contribution in [0.2, 0.25) is 0 Å². The van der Waals surface area contributed by atoms with Crippen molar-refractivity contribution in [2.75, 3.05) is 7.11 Å². The Morgan fingerprint density at radius 1 is 1.40 bits per heavy atom. The predicted octanol–water partition coefficient (Wildman–Crippen LogP) is -0.428. The number of carbonyl (C=O) groups excluding carboxylic acids is 2. The Balaban J connectivity index is 2.38. The molecule has 1 aliphatic carbocycles. The molecule has 8 heteroatoms. The summed E-state index contributed by atoms with van der Waals surface area (Å²) in [6, 6.07) is -1.70. The Morgan fingerprint density at radius 2 is 2.10 bits per heavy atom. The number of aliphatic carboxylic acids is 1. The van der Waals surface area contributed by atoms with Crippen LogP contribution in [0.1, 0.15) is 32.1 Å². The summed E-state index contributed by atoms with van der Waals surface area (Å²) in [6.45, 7) is 0. The third kappa shape index (κ3) is 5.43. The third-order valence-corrected chi connectivity index (χ3v) is 3.34. The van der Waals surface area contributed by atoms with Crippen molar-refractivity contribution < 1.29 is 24.2 Å². The van der Waals surface area contributed by atoms with Crippen LogP contribution >= 0.6 is 0 Å². The molecular formula is C12H21N3O5. The Labute approximate surface area is 117 Å². The predicted molar refractivity (Wildman–Crippen MR) is 70.0 cm³/mol. The third-order valence-electron chi connectivity index (χ3n) is 3.34. The number of urea groups is 1. The number of carboxylic acid groups (broad SMARTS) is 1. The standard InChI is InChI=1S/C12H21N3O5/c1-20-8-3-2-7(6-8)14-12(19)15-9(11(17)18)4-5-10(13)16/h7-9H,2-6H2,1H3,(H2,13,16)(H,17,18)(H2,14,15,19). The second-order valence-electron chi connectivity index (χ2n) is 4.88. The van der Waals surface area contributed by atoms with E-state index in [4.69, 9.17) is 15.6 Å². The molecule has 0 heterocycles. The number of carboxylic acids is 1. The van der Waals surface area contributed by atoms with Gasteiger partial charge < -0.3 is 26.2 Å². The number of carbonyl (C=O) groups is 3. The summed E-state index contributed by atoms with van der Waals surface area (Å²) in [5.41, 5.74) is 4.96. The Hall–Kier alpha value is -1.83. The normalized spacial score (nSPS) is 23.1. The monoisotopic (exact) mass is 287 g/mol. The Morgan fingerprint density at radius 3 is 2.60 bits per heavy atom. The van der Waals surface area contributed by atoms with Crippen LogP contribution in [0.5, 0.6) is 0 Å². The number of hydrogen-bond donors (Lipinski definition) is 4. The summed E-state index contributed by atoms with van der Waals surface area (Å²) in [7, 11) is 1.62. The van der Waals surface area contributed by atoms with Gasteiger partial charge in [0.25, 0.3) is 0 Å². The molecule has 0 spiro atoms. The fourth-order valence-electron chi connectivity index (χ4n) is 2.21. The summed E-state index contributed by atoms with van der Waals surface area (Å²) in [4.78, 5) is 33.3. The molecule has 1 fully saturated rings. The fraction of sp³-hybridized carbons (Fsp3) is 0.750. The second-order valence-corrected chi connectivity index (χ2v) is 4.88. The van der Waals surface area contributed by atoms with Crippen LogP contribution in [0, 0.1) is 0 Å². The molecular weight excluding hydrogens is 266 g/mol. The number of methoxy groups -OCH3 is 1. The van der Waals surface area contributed by atoms with E-state index in [1.54, 1.807) is 7.11 Å². The van der Waals surface area contributed by atoms with E-state index >= 15 is 0 Å². The lowest BCUT2D eigenvalue weighted by molar-refractivity contribution is -0.139. The molecule has 0 aromatic heterocycles. The van der Waals surface area contributed by atoms with E-state index < -0.39 is 23.9 Å². The number of nitrogens with two attached hydrogens (primary N) is 1. The number of amides is 3. The first-order valence-corrected chi connectivity index (χ1v) is 6.53. The molecule has 114 valence electrons. The number of primary amides is 1. The van der Waals surface area contributed by atoms with Gasteiger partial charge in [0.15, 0.2) is 0 Å². The van der Waals surface area contributed by atoms with E-state index in [1.807, 2.05) is 0 Å². The van der Waals surface area contributed by atoms with Gasteiger partial charge in [-0.3, -0.25) is 4.79 Å². The van der Waals surface area contributed by atoms with Crippen LogP contribution in [-0.4, -0.2) is 48.3 Å². The Bertz CT molecular complexity index is 374. The molecule has 0 saturated heterocycles. The minimum absolute atomic E-state index is 0.0227. The minimum Gasteiger partial charge on any atom is -0.480 e. The van der Waals surface area contributed by atoms with Crippen LogP contribution in [0.3, 0.4) is 0 Å². The molecule has 20 heavy (non-hydrogen) atoms. The van der Waals surface area contributed by atoms with Gasteiger partial charge in [-0.05, 0) is 25.7 Å². The summed E-state index contributed by atoms with van der Waals surface area (Å²) >= 11 is 0. The van der Waals surface area contributed by atoms with Crippen LogP contribution in [0.25, 0.3) is 0 Å². The molecule has 5 N–H and O–H groups in total. The number of nitrogens with one attached hydrogen (secondary N) is 2. The SMILES string of the molecule is COC1CCC(NC(=O)NC(CCC(N)=O)C(=O)O)C1. The molecule has 3 atom stereocenters. The van der Waals surface area contributed by atoms with Gasteiger partial charge >= 0.3 is 12.0 Å². The largest absolute Gasteiger partial charge is 0.480 e. The van der Waals surface area contributed by atoms with Crippen LogP contribution < -0.4 is 16.4 Å².